The van der Waals surface area contributed by atoms with Crippen molar-refractivity contribution in [2.75, 3.05) is 180 Å². The van der Waals surface area contributed by atoms with Gasteiger partial charge in [0.2, 0.25) is 0 Å². The van der Waals surface area contributed by atoms with Crippen LogP contribution in [0.2, 0.25) is 0 Å². The fourth-order valence-electron chi connectivity index (χ4n) is 15.5. The van der Waals surface area contributed by atoms with Gasteiger partial charge in [0.15, 0.2) is 0 Å². The Bertz CT molecular complexity index is 2730. The highest BCUT2D eigenvalue weighted by molar-refractivity contribution is 8.01. The van der Waals surface area contributed by atoms with Crippen molar-refractivity contribution in [3.63, 3.8) is 0 Å². The third-order valence-corrected chi connectivity index (χ3v) is 30.6. The lowest BCUT2D eigenvalue weighted by atomic mass is 10.1. The molecule has 2 N–H and O–H groups in total. The maximum absolute atomic E-state index is 13.5. The second-order valence-corrected chi connectivity index (χ2v) is 44.4. The number of esters is 10. The summed E-state index contributed by atoms with van der Waals surface area (Å²) in [5, 5.41) is 5.27. The van der Waals surface area contributed by atoms with E-state index in [1.54, 1.807) is 58.8 Å². The summed E-state index contributed by atoms with van der Waals surface area (Å²) in [6.45, 7) is 24.7. The van der Waals surface area contributed by atoms with Gasteiger partial charge >= 0.3 is 59.7 Å². The molecule has 0 fully saturated rings. The van der Waals surface area contributed by atoms with Crippen LogP contribution < -0.4 is 10.6 Å². The van der Waals surface area contributed by atoms with E-state index in [1.807, 2.05) is 44.4 Å². The molecule has 0 aromatic heterocycles. The molecule has 0 aliphatic rings. The number of thioether (sulfide) groups is 5. The number of ether oxygens (including phenoxy) is 10. The Kier molecular flexibility index (Phi) is 100. The monoisotopic (exact) mass is 2050 g/mol. The van der Waals surface area contributed by atoms with Crippen LogP contribution in [0.4, 0.5) is 0 Å². The summed E-state index contributed by atoms with van der Waals surface area (Å²) >= 11 is 7.90. The van der Waals surface area contributed by atoms with Crippen molar-refractivity contribution in [3.05, 3.63) is 0 Å². The quantitative estimate of drug-likeness (QED) is 0.0325. The maximum Gasteiger partial charge on any atom is 0.318 e. The molecule has 0 saturated carbocycles. The van der Waals surface area contributed by atoms with Crippen LogP contribution in [0.25, 0.3) is 0 Å². The van der Waals surface area contributed by atoms with Crippen LogP contribution in [0.1, 0.15) is 422 Å². The van der Waals surface area contributed by atoms with Crippen LogP contribution in [-0.2, 0) is 95.3 Å². The summed E-state index contributed by atoms with van der Waals surface area (Å²) < 4.78 is 55.4. The molecule has 810 valence electrons. The molecule has 0 saturated heterocycles. The highest BCUT2D eigenvalue weighted by Crippen LogP contribution is 2.24. The van der Waals surface area contributed by atoms with Crippen molar-refractivity contribution < 1.29 is 95.3 Å². The van der Waals surface area contributed by atoms with Gasteiger partial charge in [0.25, 0.3) is 0 Å². The van der Waals surface area contributed by atoms with Gasteiger partial charge in [0.05, 0.1) is 58.4 Å². The van der Waals surface area contributed by atoms with E-state index in [2.05, 4.69) is 50.2 Å². The summed E-state index contributed by atoms with van der Waals surface area (Å²) in [7, 11) is 0. The minimum atomic E-state index is -0.504. The minimum absolute atomic E-state index is 0.0231. The molecule has 5 unspecified atom stereocenters. The highest BCUT2D eigenvalue weighted by atomic mass is 32.2. The molecule has 0 aliphatic carbocycles. The molecular formula is C108H203N5O20S5. The Morgan fingerprint density at radius 2 is 0.333 bits per heavy atom. The highest BCUT2D eigenvalue weighted by Gasteiger charge is 2.24. The largest absolute Gasteiger partial charge is 0.462 e. The zero-order valence-corrected chi connectivity index (χ0v) is 93.2. The van der Waals surface area contributed by atoms with Crippen molar-refractivity contribution in [2.24, 2.45) is 0 Å². The van der Waals surface area contributed by atoms with Crippen molar-refractivity contribution in [3.8, 4) is 0 Å². The summed E-state index contributed by atoms with van der Waals surface area (Å²) in [6, 6.07) is 0. The van der Waals surface area contributed by atoms with Crippen molar-refractivity contribution >= 4 is 119 Å². The normalized spacial score (nSPS) is 12.6. The first kappa shape index (κ1) is 134. The minimum Gasteiger partial charge on any atom is -0.462 e. The number of hydrogen-bond donors (Lipinski definition) is 2. The zero-order chi connectivity index (χ0) is 101. The molecule has 0 aliphatic heterocycles. The smallest absolute Gasteiger partial charge is 0.318 e. The number of unbranched alkanes of at least 4 members (excludes halogenated alkanes) is 45. The van der Waals surface area contributed by atoms with E-state index < -0.39 is 29.8 Å². The van der Waals surface area contributed by atoms with E-state index in [0.717, 1.165) is 93.0 Å². The molecule has 0 amide bonds. The van der Waals surface area contributed by atoms with Gasteiger partial charge in [-0.2, -0.15) is 0 Å². The molecule has 0 heterocycles. The summed E-state index contributed by atoms with van der Waals surface area (Å²) in [5.41, 5.74) is 0. The fraction of sp³-hybridized carbons (Fsp3) is 0.907. The van der Waals surface area contributed by atoms with Gasteiger partial charge in [-0.3, -0.25) is 47.9 Å². The lowest BCUT2D eigenvalue weighted by Crippen LogP contribution is -2.42. The third-order valence-electron chi connectivity index (χ3n) is 24.5. The second kappa shape index (κ2) is 103. The first-order valence-electron chi connectivity index (χ1n) is 55.5. The van der Waals surface area contributed by atoms with Gasteiger partial charge in [-0.15, -0.1) is 58.8 Å². The molecule has 0 aromatic rings. The number of hydrogen-bond acceptors (Lipinski definition) is 30. The van der Waals surface area contributed by atoms with Crippen LogP contribution in [0.5, 0.6) is 0 Å². The van der Waals surface area contributed by atoms with Gasteiger partial charge in [-0.25, -0.2) is 0 Å². The van der Waals surface area contributed by atoms with E-state index >= 15 is 0 Å². The summed E-state index contributed by atoms with van der Waals surface area (Å²) in [5.74, 6) is 0.241. The van der Waals surface area contributed by atoms with Gasteiger partial charge < -0.3 is 72.7 Å². The van der Waals surface area contributed by atoms with Gasteiger partial charge in [0.1, 0.15) is 66.1 Å². The van der Waals surface area contributed by atoms with Crippen LogP contribution in [0.3, 0.4) is 0 Å². The third kappa shape index (κ3) is 92.1. The van der Waals surface area contributed by atoms with Crippen molar-refractivity contribution in [1.29, 1.82) is 0 Å². The van der Waals surface area contributed by atoms with Crippen molar-refractivity contribution in [2.45, 2.75) is 449 Å². The first-order chi connectivity index (χ1) is 67.2. The molecule has 0 spiro atoms. The number of nitrogens with one attached hydrogen (secondary N) is 2. The topological polar surface area (TPSA) is 297 Å². The fourth-order valence-corrected chi connectivity index (χ4v) is 20.1. The number of carbonyl (C=O) groups is 10. The van der Waals surface area contributed by atoms with Crippen molar-refractivity contribution in [1.82, 2.24) is 25.3 Å². The Labute approximate surface area is 862 Å². The molecule has 5 atom stereocenters. The zero-order valence-electron chi connectivity index (χ0n) is 89.1. The van der Waals surface area contributed by atoms with E-state index in [0.29, 0.717) is 58.9 Å². The number of rotatable bonds is 107. The predicted octanol–water partition coefficient (Wildman–Crippen LogP) is 23.7. The van der Waals surface area contributed by atoms with Gasteiger partial charge in [-0.1, -0.05) is 324 Å². The van der Waals surface area contributed by atoms with Gasteiger partial charge in [0, 0.05) is 85.1 Å². The maximum atomic E-state index is 13.5. The van der Waals surface area contributed by atoms with E-state index in [1.165, 1.54) is 257 Å². The van der Waals surface area contributed by atoms with Crippen LogP contribution >= 0.6 is 58.8 Å². The first-order valence-corrected chi connectivity index (χ1v) is 60.7. The van der Waals surface area contributed by atoms with Crippen LogP contribution in [-0.4, -0.2) is 281 Å². The van der Waals surface area contributed by atoms with Crippen LogP contribution in [0.15, 0.2) is 0 Å². The predicted molar refractivity (Wildman–Crippen MR) is 577 cm³/mol. The average molecular weight is 2050 g/mol. The number of nitrogens with zero attached hydrogens (tertiary/aromatic N) is 3. The van der Waals surface area contributed by atoms with Gasteiger partial charge in [-0.05, 0) is 95.5 Å². The molecule has 0 rings (SSSR count). The average Bonchev–Trinajstić information content (AvgIpc) is 0.880. The Hall–Kier alpha value is -3.75. The van der Waals surface area contributed by atoms with E-state index in [4.69, 9.17) is 47.4 Å². The van der Waals surface area contributed by atoms with E-state index in [9.17, 15) is 47.9 Å². The Morgan fingerprint density at radius 1 is 0.188 bits per heavy atom. The standard InChI is InChI=1S/C108H203N5O20S5/c1-11-16-21-26-31-36-41-46-51-56-89-134-94(6)104(119)129-84-79-124-99(114)61-70-111(71-62-100(115)125-80-85-130-105(120)95(7)135-90-57-52-47-42-37-32-27-22-17-12-2)75-68-109-66-67-110-69-76-113(74-65-103(118)128-83-88-133-108(123)98(10)138-93-60-55-50-45-40-35-30-25-20-15-5)78-77-112(72-63-101(116)126-81-86-131-106(121)96(8)136-91-58-53-48-43-38-33-28-23-18-13-3)73-64-102(117)127-82-87-132-107(122)97(9)137-92-59-54-49-44-39-34-29-24-19-14-4/h94-98,109-110H,11-93H2,1-10H3. The Balaban J connectivity index is 6.28. The molecule has 30 heteroatoms. The molecule has 0 bridgehead atoms. The molecule has 25 nitrogen and oxygen atoms in total. The molecule has 0 radical (unpaired) electrons. The lowest BCUT2D eigenvalue weighted by Gasteiger charge is -2.27. The van der Waals surface area contributed by atoms with E-state index in [-0.39, 0.29) is 180 Å². The molecule has 0 aromatic carbocycles. The summed E-state index contributed by atoms with van der Waals surface area (Å²) in [4.78, 5) is 137. The molecule has 138 heavy (non-hydrogen) atoms. The SMILES string of the molecule is CCCCCCCCCCCCSC(C)C(=O)OCCOC(=O)CCN(CCNCCNCCN(CCC(=O)OCCOC(=O)C(C)SCCCCCCCCCCCC)CCN(CCC(=O)OCCOC(=O)C(C)SCCCCCCCCCCCC)CCC(=O)OCCOC(=O)C(C)SCCCCCCCCCCCC)CCC(=O)OCCOC(=O)C(C)SCCCCCCCCCCCC. The Morgan fingerprint density at radius 3 is 0.507 bits per heavy atom. The summed E-state index contributed by atoms with van der Waals surface area (Å²) in [6.07, 6.45) is 62.2. The lowest BCUT2D eigenvalue weighted by molar-refractivity contribution is -0.152. The number of carbonyl (C=O) groups excluding carboxylic acids is 10. The second-order valence-electron chi connectivity index (χ2n) is 37.2. The van der Waals surface area contributed by atoms with Crippen LogP contribution in [0, 0.1) is 0 Å². The molecular weight excluding hydrogens is 1850 g/mol.